The summed E-state index contributed by atoms with van der Waals surface area (Å²) >= 11 is 0. The van der Waals surface area contributed by atoms with E-state index in [1.54, 1.807) is 29.4 Å². The van der Waals surface area contributed by atoms with Gasteiger partial charge in [-0.15, -0.1) is 0 Å². The second kappa shape index (κ2) is 9.92. The number of nitrogens with zero attached hydrogens (tertiary/aromatic N) is 1. The van der Waals surface area contributed by atoms with Gasteiger partial charge >= 0.3 is 0 Å². The number of carbonyl (C=O) groups excluding carboxylic acids is 1. The maximum absolute atomic E-state index is 13.3. The van der Waals surface area contributed by atoms with E-state index in [0.29, 0.717) is 41.5 Å². The third kappa shape index (κ3) is 5.20. The third-order valence-electron chi connectivity index (χ3n) is 6.67. The van der Waals surface area contributed by atoms with Crippen molar-refractivity contribution in [3.05, 3.63) is 65.4 Å². The maximum Gasteiger partial charge on any atom is 0.287 e. The molecule has 3 aromatic rings. The molecule has 0 spiro atoms. The smallest absolute Gasteiger partial charge is 0.287 e. The fraction of sp³-hybridized carbons (Fsp3) is 0.444. The molecule has 0 aliphatic carbocycles. The summed E-state index contributed by atoms with van der Waals surface area (Å²) in [5.41, 5.74) is 2.40. The average Bonchev–Trinajstić information content (AvgIpc) is 3.14. The number of amides is 1. The molecule has 1 fully saturated rings. The third-order valence-corrected chi connectivity index (χ3v) is 8.50. The zero-order valence-electron chi connectivity index (χ0n) is 20.4. The van der Waals surface area contributed by atoms with Crippen molar-refractivity contribution in [1.29, 1.82) is 0 Å². The predicted molar refractivity (Wildman–Crippen MR) is 134 cm³/mol. The minimum atomic E-state index is -3.61. The fourth-order valence-electron chi connectivity index (χ4n) is 4.92. The van der Waals surface area contributed by atoms with Gasteiger partial charge in [0.15, 0.2) is 5.76 Å². The van der Waals surface area contributed by atoms with E-state index in [1.807, 2.05) is 25.1 Å². The van der Waals surface area contributed by atoms with Gasteiger partial charge in [0.2, 0.25) is 10.0 Å². The number of benzene rings is 2. The molecule has 0 saturated carbocycles. The second-order valence-corrected chi connectivity index (χ2v) is 11.8. The Balaban J connectivity index is 1.51. The first-order valence-electron chi connectivity index (χ1n) is 12.0. The highest BCUT2D eigenvalue weighted by molar-refractivity contribution is 7.89. The molecule has 1 aliphatic heterocycles. The molecule has 3 atom stereocenters. The van der Waals surface area contributed by atoms with Gasteiger partial charge in [-0.25, -0.2) is 8.42 Å². The van der Waals surface area contributed by atoms with E-state index in [9.17, 15) is 13.2 Å². The Kier molecular flexibility index (Phi) is 7.14. The molecular weight excluding hydrogens is 448 g/mol. The van der Waals surface area contributed by atoms with E-state index in [1.165, 1.54) is 5.56 Å². The Morgan fingerprint density at radius 3 is 2.47 bits per heavy atom. The lowest BCUT2D eigenvalue weighted by molar-refractivity contribution is 0.0911. The van der Waals surface area contributed by atoms with Gasteiger partial charge in [-0.1, -0.05) is 44.2 Å². The molecule has 1 amide bonds. The van der Waals surface area contributed by atoms with Crippen LogP contribution in [0.1, 0.15) is 55.3 Å². The maximum atomic E-state index is 13.3. The summed E-state index contributed by atoms with van der Waals surface area (Å²) in [6, 6.07) is 15.0. The minimum Gasteiger partial charge on any atom is -0.451 e. The van der Waals surface area contributed by atoms with E-state index < -0.39 is 10.0 Å². The number of aryl methyl sites for hydroxylation is 2. The number of rotatable bonds is 7. The summed E-state index contributed by atoms with van der Waals surface area (Å²) in [6.45, 7) is 9.02. The highest BCUT2D eigenvalue weighted by Crippen LogP contribution is 2.31. The normalized spacial score (nSPS) is 20.4. The minimum absolute atomic E-state index is 0.0284. The predicted octanol–water partition coefficient (Wildman–Crippen LogP) is 5.16. The molecular formula is C27H34N2O4S. The van der Waals surface area contributed by atoms with Crippen LogP contribution in [0.4, 0.5) is 0 Å². The van der Waals surface area contributed by atoms with Crippen LogP contribution in [-0.2, 0) is 16.4 Å². The summed E-state index contributed by atoms with van der Waals surface area (Å²) in [6.07, 6.45) is 2.72. The molecule has 3 unspecified atom stereocenters. The van der Waals surface area contributed by atoms with Crippen LogP contribution in [0.5, 0.6) is 0 Å². The van der Waals surface area contributed by atoms with Gasteiger partial charge in [0.25, 0.3) is 5.91 Å². The van der Waals surface area contributed by atoms with Crippen molar-refractivity contribution < 1.29 is 17.6 Å². The molecule has 4 rings (SSSR count). The Labute approximate surface area is 202 Å². The summed E-state index contributed by atoms with van der Waals surface area (Å²) in [4.78, 5) is 13.2. The quantitative estimate of drug-likeness (QED) is 0.505. The molecule has 0 bridgehead atoms. The van der Waals surface area contributed by atoms with Gasteiger partial charge in [-0.05, 0) is 68.7 Å². The number of furan rings is 1. The van der Waals surface area contributed by atoms with E-state index in [2.05, 4.69) is 31.3 Å². The standard InChI is InChI=1S/C27H34N2O4S/c1-18-14-19(2)17-29(16-18)34(31,32)23-12-13-25-24(15-23)21(4)26(33-25)27(30)28-20(3)10-11-22-8-6-5-7-9-22/h5-9,12-13,15,18-20H,10-11,14,16-17H2,1-4H3,(H,28,30). The van der Waals surface area contributed by atoms with Crippen LogP contribution in [0.2, 0.25) is 0 Å². The number of carbonyl (C=O) groups is 1. The summed E-state index contributed by atoms with van der Waals surface area (Å²) in [5.74, 6) is 0.614. The van der Waals surface area contributed by atoms with Crippen LogP contribution in [0, 0.1) is 18.8 Å². The van der Waals surface area contributed by atoms with Crippen LogP contribution < -0.4 is 5.32 Å². The molecule has 182 valence electrons. The average molecular weight is 483 g/mol. The first-order chi connectivity index (χ1) is 16.1. The monoisotopic (exact) mass is 482 g/mol. The van der Waals surface area contributed by atoms with Gasteiger partial charge in [0.1, 0.15) is 5.58 Å². The van der Waals surface area contributed by atoms with E-state index in [-0.39, 0.29) is 22.6 Å². The van der Waals surface area contributed by atoms with Crippen molar-refractivity contribution in [3.8, 4) is 0 Å². The highest BCUT2D eigenvalue weighted by atomic mass is 32.2. The highest BCUT2D eigenvalue weighted by Gasteiger charge is 2.32. The molecule has 6 nitrogen and oxygen atoms in total. The number of fused-ring (bicyclic) bond motifs is 1. The van der Waals surface area contributed by atoms with E-state index in [4.69, 9.17) is 4.42 Å². The van der Waals surface area contributed by atoms with Crippen molar-refractivity contribution in [2.24, 2.45) is 11.8 Å². The molecule has 0 radical (unpaired) electrons. The summed E-state index contributed by atoms with van der Waals surface area (Å²) < 4.78 is 34.1. The van der Waals surface area contributed by atoms with Gasteiger partial charge in [-0.2, -0.15) is 4.31 Å². The number of piperidine rings is 1. The Bertz CT molecular complexity index is 1260. The largest absolute Gasteiger partial charge is 0.451 e. The molecule has 1 aliphatic rings. The van der Waals surface area contributed by atoms with Crippen LogP contribution in [0.25, 0.3) is 11.0 Å². The summed E-state index contributed by atoms with van der Waals surface area (Å²) in [7, 11) is -3.61. The number of hydrogen-bond acceptors (Lipinski definition) is 4. The Hall–Kier alpha value is -2.64. The Morgan fingerprint density at radius 1 is 1.12 bits per heavy atom. The van der Waals surface area contributed by atoms with Gasteiger partial charge < -0.3 is 9.73 Å². The van der Waals surface area contributed by atoms with E-state index >= 15 is 0 Å². The number of sulfonamides is 1. The van der Waals surface area contributed by atoms with Crippen molar-refractivity contribution >= 4 is 26.9 Å². The lowest BCUT2D eigenvalue weighted by Crippen LogP contribution is -2.42. The SMILES string of the molecule is Cc1c(C(=O)NC(C)CCc2ccccc2)oc2ccc(S(=O)(=O)N3CC(C)CC(C)C3)cc12. The van der Waals surface area contributed by atoms with Crippen molar-refractivity contribution in [1.82, 2.24) is 9.62 Å². The molecule has 2 aromatic carbocycles. The molecule has 2 heterocycles. The zero-order valence-corrected chi connectivity index (χ0v) is 21.2. The first-order valence-corrected chi connectivity index (χ1v) is 13.5. The second-order valence-electron chi connectivity index (χ2n) is 9.88. The van der Waals surface area contributed by atoms with E-state index in [0.717, 1.165) is 19.3 Å². The van der Waals surface area contributed by atoms with Crippen molar-refractivity contribution in [2.45, 2.75) is 57.9 Å². The van der Waals surface area contributed by atoms with Crippen LogP contribution >= 0.6 is 0 Å². The number of nitrogens with one attached hydrogen (secondary N) is 1. The van der Waals surface area contributed by atoms with Gasteiger partial charge in [0, 0.05) is 30.1 Å². The molecule has 7 heteroatoms. The van der Waals surface area contributed by atoms with Crippen LogP contribution in [0.15, 0.2) is 57.8 Å². The lowest BCUT2D eigenvalue weighted by Gasteiger charge is -2.34. The van der Waals surface area contributed by atoms with Crippen molar-refractivity contribution in [2.75, 3.05) is 13.1 Å². The topological polar surface area (TPSA) is 79.6 Å². The van der Waals surface area contributed by atoms with Crippen molar-refractivity contribution in [3.63, 3.8) is 0 Å². The summed E-state index contributed by atoms with van der Waals surface area (Å²) in [5, 5.41) is 3.67. The molecule has 1 saturated heterocycles. The lowest BCUT2D eigenvalue weighted by atomic mass is 9.94. The fourth-order valence-corrected chi connectivity index (χ4v) is 6.62. The molecule has 34 heavy (non-hydrogen) atoms. The Morgan fingerprint density at radius 2 is 1.79 bits per heavy atom. The zero-order chi connectivity index (χ0) is 24.5. The van der Waals surface area contributed by atoms with Gasteiger partial charge in [0.05, 0.1) is 4.90 Å². The first kappa shape index (κ1) is 24.5. The molecule has 1 N–H and O–H groups in total. The molecule has 1 aromatic heterocycles. The van der Waals surface area contributed by atoms with Gasteiger partial charge in [-0.3, -0.25) is 4.79 Å². The number of hydrogen-bond donors (Lipinski definition) is 1. The van der Waals surface area contributed by atoms with Crippen LogP contribution in [0.3, 0.4) is 0 Å². The van der Waals surface area contributed by atoms with Crippen LogP contribution in [-0.4, -0.2) is 37.8 Å².